The average Bonchev–Trinajstić information content (AvgIpc) is 3.45. The van der Waals surface area contributed by atoms with E-state index in [4.69, 9.17) is 28.4 Å². The number of aliphatic hydroxyl groups is 11. The molecule has 0 radical (unpaired) electrons. The quantitative estimate of drug-likeness (QED) is 0.0303. The number of allylic oxidation sites excluding steroid dienone is 15. The highest BCUT2D eigenvalue weighted by molar-refractivity contribution is 5.76. The van der Waals surface area contributed by atoms with E-state index in [1.807, 2.05) is 6.08 Å². The Morgan fingerprint density at radius 2 is 0.885 bits per heavy atom. The molecule has 19 nitrogen and oxygen atoms in total. The first-order chi connectivity index (χ1) is 37.8. The van der Waals surface area contributed by atoms with E-state index in [-0.39, 0.29) is 18.9 Å². The van der Waals surface area contributed by atoms with Gasteiger partial charge in [0.2, 0.25) is 5.91 Å². The number of aliphatic hydroxyl groups excluding tert-OH is 11. The molecule has 0 aromatic heterocycles. The van der Waals surface area contributed by atoms with E-state index in [2.05, 4.69) is 104 Å². The number of rotatable bonds is 39. The predicted octanol–water partition coefficient (Wildman–Crippen LogP) is 4.20. The van der Waals surface area contributed by atoms with E-state index >= 15 is 0 Å². The van der Waals surface area contributed by atoms with Crippen LogP contribution in [0.2, 0.25) is 0 Å². The van der Waals surface area contributed by atoms with Gasteiger partial charge in [-0.3, -0.25) is 4.79 Å². The molecule has 12 N–H and O–H groups in total. The van der Waals surface area contributed by atoms with Gasteiger partial charge in [0.1, 0.15) is 73.2 Å². The van der Waals surface area contributed by atoms with Gasteiger partial charge in [0.15, 0.2) is 18.9 Å². The minimum Gasteiger partial charge on any atom is -0.394 e. The third kappa shape index (κ3) is 25.7. The Kier molecular flexibility index (Phi) is 36.8. The number of carbonyl (C=O) groups excluding carboxylic acids is 1. The third-order valence-corrected chi connectivity index (χ3v) is 13.6. The van der Waals surface area contributed by atoms with E-state index in [0.717, 1.165) is 109 Å². The van der Waals surface area contributed by atoms with E-state index < -0.39 is 124 Å². The Labute approximate surface area is 463 Å². The summed E-state index contributed by atoms with van der Waals surface area (Å²) in [7, 11) is 0. The molecule has 0 spiro atoms. The number of unbranched alkanes of at least 4 members (excludes halogenated alkanes) is 9. The maximum absolute atomic E-state index is 13.2. The minimum absolute atomic E-state index is 0.213. The number of ether oxygens (including phenoxy) is 6. The standard InChI is InChI=1S/C59H97NO18/c1-3-5-7-9-11-12-13-14-15-16-17-18-19-20-21-22-23-24-25-26-27-28-29-30-31-33-35-37-47(65)60-42(43(64)36-34-32-10-8-6-4-2)41-73-57-53(71)50(68)55(45(39-62)75-57)78-59-54(72)51(69)56(46(40-63)76-59)77-58-52(70)49(67)48(66)44(38-61)74-58/h5,7,11-12,14-15,17-18,20-21,23-24,26-27,34,36,42-46,48-59,61-64,66-72H,3-4,6,8-10,13,16,19,22,25,28-33,35,37-41H2,1-2H3,(H,60,65)/b7-5-,12-11-,15-14-,18-17-,21-20-,24-23-,27-26-,36-34+. The molecule has 19 heteroatoms. The fraction of sp³-hybridized carbons (Fsp3) is 0.712. The van der Waals surface area contributed by atoms with Gasteiger partial charge in [-0.25, -0.2) is 0 Å². The van der Waals surface area contributed by atoms with Crippen LogP contribution in [0.25, 0.3) is 0 Å². The second kappa shape index (κ2) is 41.7. The van der Waals surface area contributed by atoms with Gasteiger partial charge in [-0.05, 0) is 77.0 Å². The zero-order valence-electron chi connectivity index (χ0n) is 46.1. The van der Waals surface area contributed by atoms with Gasteiger partial charge in [-0.2, -0.15) is 0 Å². The molecule has 3 fully saturated rings. The maximum atomic E-state index is 13.2. The molecule has 3 rings (SSSR count). The number of amides is 1. The summed E-state index contributed by atoms with van der Waals surface area (Å²) in [4.78, 5) is 13.2. The van der Waals surface area contributed by atoms with Crippen molar-refractivity contribution in [3.63, 3.8) is 0 Å². The van der Waals surface area contributed by atoms with Crippen LogP contribution in [0.4, 0.5) is 0 Å². The second-order valence-corrected chi connectivity index (χ2v) is 20.0. The van der Waals surface area contributed by atoms with Crippen LogP contribution in [0, 0.1) is 0 Å². The van der Waals surface area contributed by atoms with Crippen LogP contribution in [0.3, 0.4) is 0 Å². The highest BCUT2D eigenvalue weighted by Crippen LogP contribution is 2.33. The zero-order chi connectivity index (χ0) is 56.9. The highest BCUT2D eigenvalue weighted by Gasteiger charge is 2.53. The molecule has 3 saturated heterocycles. The Balaban J connectivity index is 1.41. The largest absolute Gasteiger partial charge is 0.394 e. The van der Waals surface area contributed by atoms with Crippen LogP contribution in [0.1, 0.15) is 136 Å². The SMILES string of the molecule is CC/C=C\C/C=C\C/C=C\C/C=C\C/C=C\C/C=C\C/C=C\CCCCCCCC(=O)NC(COC1OC(CO)C(OC2OC(CO)C(OC3OC(CO)C(O)C(O)C3O)C(O)C2O)C(O)C1O)C(O)/C=C/CCCCCC. The lowest BCUT2D eigenvalue weighted by Gasteiger charge is -2.48. The molecule has 0 saturated carbocycles. The smallest absolute Gasteiger partial charge is 0.220 e. The lowest BCUT2D eigenvalue weighted by molar-refractivity contribution is -0.379. The molecule has 17 unspecified atom stereocenters. The van der Waals surface area contributed by atoms with E-state index in [1.165, 1.54) is 0 Å². The lowest BCUT2D eigenvalue weighted by atomic mass is 9.96. The molecule has 0 aromatic rings. The molecule has 446 valence electrons. The van der Waals surface area contributed by atoms with Crippen molar-refractivity contribution in [3.8, 4) is 0 Å². The minimum atomic E-state index is -1.98. The summed E-state index contributed by atoms with van der Waals surface area (Å²) in [6.07, 6.45) is 24.5. The lowest BCUT2D eigenvalue weighted by Crippen LogP contribution is -2.66. The van der Waals surface area contributed by atoms with Gasteiger partial charge in [-0.15, -0.1) is 0 Å². The molecule has 17 atom stereocenters. The number of carbonyl (C=O) groups is 1. The second-order valence-electron chi connectivity index (χ2n) is 20.0. The van der Waals surface area contributed by atoms with E-state index in [0.29, 0.717) is 6.42 Å². The van der Waals surface area contributed by atoms with Crippen molar-refractivity contribution in [2.75, 3.05) is 26.4 Å². The highest BCUT2D eigenvalue weighted by atomic mass is 16.8. The van der Waals surface area contributed by atoms with Crippen molar-refractivity contribution in [3.05, 3.63) is 97.2 Å². The molecular formula is C59H97NO18. The van der Waals surface area contributed by atoms with Gasteiger partial charge in [0, 0.05) is 6.42 Å². The predicted molar refractivity (Wildman–Crippen MR) is 295 cm³/mol. The summed E-state index contributed by atoms with van der Waals surface area (Å²) < 4.78 is 34.0. The number of hydrogen-bond acceptors (Lipinski definition) is 18. The summed E-state index contributed by atoms with van der Waals surface area (Å²) in [5, 5.41) is 119. The van der Waals surface area contributed by atoms with Crippen LogP contribution in [0.5, 0.6) is 0 Å². The first-order valence-electron chi connectivity index (χ1n) is 28.5. The zero-order valence-corrected chi connectivity index (χ0v) is 46.1. The van der Waals surface area contributed by atoms with Crippen molar-refractivity contribution in [1.82, 2.24) is 5.32 Å². The molecule has 1 amide bonds. The molecule has 3 aliphatic rings. The van der Waals surface area contributed by atoms with Crippen LogP contribution in [-0.4, -0.2) is 193 Å². The van der Waals surface area contributed by atoms with Crippen molar-refractivity contribution in [2.24, 2.45) is 0 Å². The first kappa shape index (κ1) is 69.0. The van der Waals surface area contributed by atoms with Gasteiger partial charge in [-0.1, -0.05) is 150 Å². The molecule has 0 aromatic carbocycles. The van der Waals surface area contributed by atoms with Crippen LogP contribution in [-0.2, 0) is 33.2 Å². The van der Waals surface area contributed by atoms with Crippen molar-refractivity contribution >= 4 is 5.91 Å². The molecule has 0 aliphatic carbocycles. The molecule has 78 heavy (non-hydrogen) atoms. The van der Waals surface area contributed by atoms with Gasteiger partial charge < -0.3 is 89.9 Å². The molecular weight excluding hydrogens is 1010 g/mol. The van der Waals surface area contributed by atoms with Crippen LogP contribution >= 0.6 is 0 Å². The van der Waals surface area contributed by atoms with E-state index in [9.17, 15) is 61.0 Å². The van der Waals surface area contributed by atoms with Crippen molar-refractivity contribution in [2.45, 2.75) is 240 Å². The van der Waals surface area contributed by atoms with Crippen molar-refractivity contribution in [1.29, 1.82) is 0 Å². The van der Waals surface area contributed by atoms with Crippen LogP contribution < -0.4 is 5.32 Å². The fourth-order valence-electron chi connectivity index (χ4n) is 8.93. The number of hydrogen-bond donors (Lipinski definition) is 12. The summed E-state index contributed by atoms with van der Waals surface area (Å²) in [5.41, 5.74) is 0. The van der Waals surface area contributed by atoms with Crippen LogP contribution in [0.15, 0.2) is 97.2 Å². The Bertz CT molecular complexity index is 1800. The first-order valence-corrected chi connectivity index (χ1v) is 28.5. The van der Waals surface area contributed by atoms with Gasteiger partial charge in [0.05, 0.1) is 38.6 Å². The average molecular weight is 1110 g/mol. The Hall–Kier alpha value is -3.29. The summed E-state index contributed by atoms with van der Waals surface area (Å²) in [5.74, 6) is -0.307. The maximum Gasteiger partial charge on any atom is 0.220 e. The third-order valence-electron chi connectivity index (χ3n) is 13.6. The number of nitrogens with one attached hydrogen (secondary N) is 1. The van der Waals surface area contributed by atoms with Crippen molar-refractivity contribution < 1.29 is 89.4 Å². The van der Waals surface area contributed by atoms with Gasteiger partial charge >= 0.3 is 0 Å². The topological polar surface area (TPSA) is 307 Å². The molecule has 3 heterocycles. The molecule has 3 aliphatic heterocycles. The normalized spacial score (nSPS) is 31.2. The van der Waals surface area contributed by atoms with Gasteiger partial charge in [0.25, 0.3) is 0 Å². The summed E-state index contributed by atoms with van der Waals surface area (Å²) >= 11 is 0. The fourth-order valence-corrected chi connectivity index (χ4v) is 8.93. The Morgan fingerprint density at radius 3 is 1.38 bits per heavy atom. The monoisotopic (exact) mass is 1110 g/mol. The summed E-state index contributed by atoms with van der Waals surface area (Å²) in [6, 6.07) is -0.987. The molecule has 0 bridgehead atoms. The summed E-state index contributed by atoms with van der Waals surface area (Å²) in [6.45, 7) is 1.45. The van der Waals surface area contributed by atoms with E-state index in [1.54, 1.807) is 6.08 Å². The Morgan fingerprint density at radius 1 is 0.474 bits per heavy atom.